The number of methoxy groups -OCH3 is 1. The van der Waals surface area contributed by atoms with Crippen molar-refractivity contribution in [1.29, 1.82) is 0 Å². The van der Waals surface area contributed by atoms with Gasteiger partial charge < -0.3 is 14.8 Å². The molecular weight excluding hydrogens is 423 g/mol. The molecule has 5 rings (SSSR count). The van der Waals surface area contributed by atoms with Crippen molar-refractivity contribution in [2.24, 2.45) is 0 Å². The van der Waals surface area contributed by atoms with E-state index in [1.54, 1.807) is 30.5 Å². The Morgan fingerprint density at radius 3 is 2.39 bits per heavy atom. The summed E-state index contributed by atoms with van der Waals surface area (Å²) in [6.45, 7) is 0. The minimum atomic E-state index is -0.937. The van der Waals surface area contributed by atoms with Crippen molar-refractivity contribution >= 4 is 34.0 Å². The highest BCUT2D eigenvalue weighted by atomic mass is 19.1. The zero-order valence-electron chi connectivity index (χ0n) is 17.6. The lowest BCUT2D eigenvalue weighted by Crippen LogP contribution is -2.29. The van der Waals surface area contributed by atoms with Crippen LogP contribution in [0.3, 0.4) is 0 Å². The number of rotatable bonds is 4. The van der Waals surface area contributed by atoms with E-state index in [9.17, 15) is 19.1 Å². The molecule has 1 amide bonds. The van der Waals surface area contributed by atoms with Crippen molar-refractivity contribution in [2.45, 2.75) is 6.04 Å². The lowest BCUT2D eigenvalue weighted by Gasteiger charge is -2.25. The number of hydrogen-bond donors (Lipinski definition) is 2. The number of anilines is 1. The zero-order chi connectivity index (χ0) is 23.1. The molecule has 7 heteroatoms. The Morgan fingerprint density at radius 1 is 1.00 bits per heavy atom. The monoisotopic (exact) mass is 442 g/mol. The van der Waals surface area contributed by atoms with Crippen LogP contribution in [0, 0.1) is 5.82 Å². The Hall–Kier alpha value is -4.39. The third-order valence-corrected chi connectivity index (χ3v) is 5.83. The number of ketones is 1. The van der Waals surface area contributed by atoms with Gasteiger partial charge in [0, 0.05) is 28.4 Å². The number of Topliss-reactive ketones (excluding diaryl/α,β-unsaturated/α-hetero) is 1. The lowest BCUT2D eigenvalue weighted by atomic mass is 9.95. The second-order valence-electron chi connectivity index (χ2n) is 7.67. The number of halogens is 1. The van der Waals surface area contributed by atoms with E-state index in [1.165, 1.54) is 36.3 Å². The van der Waals surface area contributed by atoms with E-state index in [4.69, 9.17) is 4.74 Å². The number of nitrogens with one attached hydrogen (secondary N) is 1. The molecule has 1 aromatic heterocycles. The van der Waals surface area contributed by atoms with E-state index in [0.29, 0.717) is 28.0 Å². The second kappa shape index (κ2) is 7.94. The highest BCUT2D eigenvalue weighted by Crippen LogP contribution is 2.43. The van der Waals surface area contributed by atoms with Crippen LogP contribution in [-0.4, -0.2) is 28.9 Å². The molecule has 2 heterocycles. The first-order chi connectivity index (χ1) is 16.0. The van der Waals surface area contributed by atoms with Crippen LogP contribution in [0.15, 0.2) is 84.6 Å². The van der Waals surface area contributed by atoms with E-state index >= 15 is 0 Å². The molecule has 0 saturated carbocycles. The van der Waals surface area contributed by atoms with E-state index < -0.39 is 23.5 Å². The van der Waals surface area contributed by atoms with Crippen molar-refractivity contribution in [3.8, 4) is 5.75 Å². The summed E-state index contributed by atoms with van der Waals surface area (Å²) >= 11 is 0. The van der Waals surface area contributed by atoms with Gasteiger partial charge in [-0.05, 0) is 48.0 Å². The maximum Gasteiger partial charge on any atom is 0.300 e. The van der Waals surface area contributed by atoms with Crippen LogP contribution in [0.2, 0.25) is 0 Å². The van der Waals surface area contributed by atoms with E-state index in [1.807, 2.05) is 24.3 Å². The summed E-state index contributed by atoms with van der Waals surface area (Å²) in [5.74, 6) is -1.75. The number of carbonyl (C=O) groups excluding carboxylic acids is 2. The van der Waals surface area contributed by atoms with Crippen LogP contribution in [0.1, 0.15) is 17.2 Å². The van der Waals surface area contributed by atoms with E-state index in [-0.39, 0.29) is 11.3 Å². The first kappa shape index (κ1) is 20.5. The number of aliphatic hydroxyl groups is 1. The Labute approximate surface area is 188 Å². The average Bonchev–Trinajstić information content (AvgIpc) is 3.38. The van der Waals surface area contributed by atoms with Crippen LogP contribution in [0.25, 0.3) is 16.7 Å². The number of aromatic amines is 1. The molecule has 1 saturated heterocycles. The number of nitrogens with zero attached hydrogens (tertiary/aromatic N) is 1. The van der Waals surface area contributed by atoms with Gasteiger partial charge in [-0.15, -0.1) is 0 Å². The average molecular weight is 442 g/mol. The molecule has 33 heavy (non-hydrogen) atoms. The highest BCUT2D eigenvalue weighted by molar-refractivity contribution is 6.51. The number of fused-ring (bicyclic) bond motifs is 1. The summed E-state index contributed by atoms with van der Waals surface area (Å²) in [4.78, 5) is 30.8. The van der Waals surface area contributed by atoms with Crippen LogP contribution in [0.4, 0.5) is 10.1 Å². The minimum absolute atomic E-state index is 0.0628. The highest BCUT2D eigenvalue weighted by Gasteiger charge is 2.47. The van der Waals surface area contributed by atoms with Gasteiger partial charge >= 0.3 is 0 Å². The molecule has 0 radical (unpaired) electrons. The van der Waals surface area contributed by atoms with Crippen molar-refractivity contribution < 1.29 is 23.8 Å². The van der Waals surface area contributed by atoms with Crippen molar-refractivity contribution in [2.75, 3.05) is 12.0 Å². The Kier molecular flexibility index (Phi) is 4.94. The molecule has 1 unspecified atom stereocenters. The number of hydrogen-bond acceptors (Lipinski definition) is 4. The first-order valence-electron chi connectivity index (χ1n) is 10.3. The van der Waals surface area contributed by atoms with Gasteiger partial charge in [-0.1, -0.05) is 30.3 Å². The SMILES string of the molecule is COc1ccc(N2C(=O)C(=O)/C(=C(\O)c3c[nH]c4ccccc34)C2c2ccc(F)cc2)cc1. The number of carbonyl (C=O) groups is 2. The smallest absolute Gasteiger partial charge is 0.300 e. The van der Waals surface area contributed by atoms with Crippen LogP contribution in [0.5, 0.6) is 5.75 Å². The normalized spacial score (nSPS) is 17.6. The summed E-state index contributed by atoms with van der Waals surface area (Å²) < 4.78 is 18.8. The molecule has 0 bridgehead atoms. The molecule has 4 aromatic rings. The first-order valence-corrected chi connectivity index (χ1v) is 10.3. The lowest BCUT2D eigenvalue weighted by molar-refractivity contribution is -0.132. The third-order valence-electron chi connectivity index (χ3n) is 5.83. The van der Waals surface area contributed by atoms with E-state index in [2.05, 4.69) is 4.98 Å². The fourth-order valence-corrected chi connectivity index (χ4v) is 4.21. The summed E-state index contributed by atoms with van der Waals surface area (Å²) in [7, 11) is 1.53. The number of aliphatic hydroxyl groups excluding tert-OH is 1. The maximum atomic E-state index is 13.7. The van der Waals surface area contributed by atoms with Crippen LogP contribution >= 0.6 is 0 Å². The Balaban J connectivity index is 1.73. The predicted molar refractivity (Wildman–Crippen MR) is 122 cm³/mol. The minimum Gasteiger partial charge on any atom is -0.507 e. The largest absolute Gasteiger partial charge is 0.507 e. The molecular formula is C26H19FN2O4. The molecule has 1 aliphatic heterocycles. The molecule has 1 aliphatic rings. The summed E-state index contributed by atoms with van der Waals surface area (Å²) in [5.41, 5.74) is 2.07. The maximum absolute atomic E-state index is 13.7. The molecule has 1 atom stereocenters. The van der Waals surface area contributed by atoms with Crippen LogP contribution in [-0.2, 0) is 9.59 Å². The fraction of sp³-hybridized carbons (Fsp3) is 0.0769. The predicted octanol–water partition coefficient (Wildman–Crippen LogP) is 4.94. The molecule has 164 valence electrons. The Morgan fingerprint density at radius 2 is 1.70 bits per heavy atom. The van der Waals surface area contributed by atoms with Gasteiger partial charge in [-0.3, -0.25) is 14.5 Å². The van der Waals surface area contributed by atoms with Gasteiger partial charge in [0.15, 0.2) is 0 Å². The number of aromatic nitrogens is 1. The third kappa shape index (κ3) is 3.34. The van der Waals surface area contributed by atoms with Gasteiger partial charge in [-0.25, -0.2) is 4.39 Å². The molecule has 3 aromatic carbocycles. The van der Waals surface area contributed by atoms with Gasteiger partial charge in [0.05, 0.1) is 18.7 Å². The summed E-state index contributed by atoms with van der Waals surface area (Å²) in [6, 6.07) is 18.6. The van der Waals surface area contributed by atoms with Gasteiger partial charge in [0.25, 0.3) is 11.7 Å². The number of para-hydroxylation sites is 1. The van der Waals surface area contributed by atoms with Gasteiger partial charge in [0.2, 0.25) is 0 Å². The summed E-state index contributed by atoms with van der Waals surface area (Å²) in [5, 5.41) is 12.0. The number of benzene rings is 3. The van der Waals surface area contributed by atoms with Crippen molar-refractivity contribution in [3.63, 3.8) is 0 Å². The van der Waals surface area contributed by atoms with E-state index in [0.717, 1.165) is 5.52 Å². The molecule has 2 N–H and O–H groups in total. The van der Waals surface area contributed by atoms with Gasteiger partial charge in [0.1, 0.15) is 17.3 Å². The topological polar surface area (TPSA) is 82.6 Å². The number of amides is 1. The van der Waals surface area contributed by atoms with Crippen molar-refractivity contribution in [1.82, 2.24) is 4.98 Å². The quantitative estimate of drug-likeness (QED) is 0.266. The standard InChI is InChI=1S/C26H19FN2O4/c1-33-18-12-10-17(11-13-18)29-23(15-6-8-16(27)9-7-15)22(25(31)26(29)32)24(30)20-14-28-21-5-3-2-4-19(20)21/h2-14,23,28,30H,1H3/b24-22-. The van der Waals surface area contributed by atoms with Crippen molar-refractivity contribution in [3.05, 3.63) is 102 Å². The zero-order valence-corrected chi connectivity index (χ0v) is 17.6. The number of H-pyrrole nitrogens is 1. The fourth-order valence-electron chi connectivity index (χ4n) is 4.21. The number of ether oxygens (including phenoxy) is 1. The molecule has 0 aliphatic carbocycles. The summed E-state index contributed by atoms with van der Waals surface area (Å²) in [6.07, 6.45) is 1.60. The Bertz CT molecular complexity index is 1400. The molecule has 0 spiro atoms. The second-order valence-corrected chi connectivity index (χ2v) is 7.67. The molecule has 6 nitrogen and oxygen atoms in total. The van der Waals surface area contributed by atoms with Gasteiger partial charge in [-0.2, -0.15) is 0 Å². The molecule has 1 fully saturated rings. The van der Waals surface area contributed by atoms with Crippen LogP contribution < -0.4 is 9.64 Å².